The van der Waals surface area contributed by atoms with Crippen molar-refractivity contribution in [2.75, 3.05) is 11.1 Å². The molecule has 7 heteroatoms. The minimum atomic E-state index is -1.18. The van der Waals surface area contributed by atoms with Crippen LogP contribution in [-0.2, 0) is 0 Å². The number of hydrogen-bond donors (Lipinski definition) is 2. The fourth-order valence-corrected chi connectivity index (χ4v) is 2.45. The first kappa shape index (κ1) is 14.1. The Hall–Kier alpha value is -1.90. The molecule has 0 fully saturated rings. The number of nitrogens with two attached hydrogens (primary N) is 1. The summed E-state index contributed by atoms with van der Waals surface area (Å²) < 4.78 is 47.5. The lowest BCUT2D eigenvalue weighted by Gasteiger charge is -2.12. The van der Waals surface area contributed by atoms with E-state index in [1.165, 1.54) is 24.5 Å². The van der Waals surface area contributed by atoms with E-state index >= 15 is 0 Å². The van der Waals surface area contributed by atoms with Gasteiger partial charge in [0.25, 0.3) is 0 Å². The zero-order valence-electron chi connectivity index (χ0n) is 10.4. The van der Waals surface area contributed by atoms with Crippen molar-refractivity contribution in [2.24, 2.45) is 0 Å². The first-order valence-electron chi connectivity index (χ1n) is 5.84. The van der Waals surface area contributed by atoms with Crippen LogP contribution in [0.15, 0.2) is 34.9 Å². The van der Waals surface area contributed by atoms with Crippen molar-refractivity contribution in [1.82, 2.24) is 0 Å². The van der Waals surface area contributed by atoms with Crippen molar-refractivity contribution in [3.05, 3.63) is 51.6 Å². The van der Waals surface area contributed by atoms with E-state index in [2.05, 4.69) is 5.32 Å². The van der Waals surface area contributed by atoms with Crippen LogP contribution in [0, 0.1) is 21.0 Å². The minimum absolute atomic E-state index is 0.00804. The molecule has 3 aromatic rings. The zero-order valence-corrected chi connectivity index (χ0v) is 12.5. The standard InChI is InChI=1S/C14H8F3IN2O/c15-8-5-6(18)1-2-9(8)20-13-11(17)10(16)7-3-4-21-14(7)12(13)19/h1-5,20H,19H2. The van der Waals surface area contributed by atoms with Crippen LogP contribution in [0.5, 0.6) is 0 Å². The van der Waals surface area contributed by atoms with E-state index in [1.54, 1.807) is 6.07 Å². The van der Waals surface area contributed by atoms with Gasteiger partial charge in [-0.15, -0.1) is 0 Å². The normalized spacial score (nSPS) is 11.0. The number of rotatable bonds is 2. The fraction of sp³-hybridized carbons (Fsp3) is 0. The molecule has 1 aromatic heterocycles. The topological polar surface area (TPSA) is 51.2 Å². The number of fused-ring (bicyclic) bond motifs is 1. The van der Waals surface area contributed by atoms with Gasteiger partial charge >= 0.3 is 0 Å². The lowest BCUT2D eigenvalue weighted by atomic mass is 10.1. The van der Waals surface area contributed by atoms with Crippen molar-refractivity contribution >= 4 is 50.6 Å². The van der Waals surface area contributed by atoms with Crippen molar-refractivity contribution in [1.29, 1.82) is 0 Å². The third-order valence-electron chi connectivity index (χ3n) is 3.02. The average molecular weight is 404 g/mol. The molecule has 0 unspecified atom stereocenters. The highest BCUT2D eigenvalue weighted by atomic mass is 127. The van der Waals surface area contributed by atoms with Gasteiger partial charge in [-0.1, -0.05) is 0 Å². The smallest absolute Gasteiger partial charge is 0.185 e. The van der Waals surface area contributed by atoms with Crippen LogP contribution in [0.4, 0.5) is 30.2 Å². The number of anilines is 3. The molecule has 0 bridgehead atoms. The van der Waals surface area contributed by atoms with E-state index in [0.29, 0.717) is 3.57 Å². The molecule has 0 aliphatic heterocycles. The largest absolute Gasteiger partial charge is 0.462 e. The van der Waals surface area contributed by atoms with Crippen molar-refractivity contribution in [3.8, 4) is 0 Å². The summed E-state index contributed by atoms with van der Waals surface area (Å²) in [6.45, 7) is 0. The van der Waals surface area contributed by atoms with Gasteiger partial charge in [0.05, 0.1) is 17.3 Å². The van der Waals surface area contributed by atoms with Crippen molar-refractivity contribution in [2.45, 2.75) is 0 Å². The van der Waals surface area contributed by atoms with E-state index in [4.69, 9.17) is 10.2 Å². The number of halogens is 4. The third kappa shape index (κ3) is 2.31. The summed E-state index contributed by atoms with van der Waals surface area (Å²) >= 11 is 1.94. The highest BCUT2D eigenvalue weighted by molar-refractivity contribution is 14.1. The van der Waals surface area contributed by atoms with Crippen LogP contribution >= 0.6 is 22.6 Å². The Morgan fingerprint density at radius 1 is 1.10 bits per heavy atom. The number of nitrogen functional groups attached to an aromatic ring is 1. The van der Waals surface area contributed by atoms with Gasteiger partial charge in [0.2, 0.25) is 0 Å². The lowest BCUT2D eigenvalue weighted by molar-refractivity contribution is 0.518. The molecule has 21 heavy (non-hydrogen) atoms. The van der Waals surface area contributed by atoms with Gasteiger partial charge in [0, 0.05) is 3.57 Å². The number of furan rings is 1. The second-order valence-corrected chi connectivity index (χ2v) is 5.57. The van der Waals surface area contributed by atoms with Crippen LogP contribution in [0.3, 0.4) is 0 Å². The maximum Gasteiger partial charge on any atom is 0.185 e. The van der Waals surface area contributed by atoms with Gasteiger partial charge in [-0.3, -0.25) is 0 Å². The zero-order chi connectivity index (χ0) is 15.1. The maximum atomic E-state index is 14.1. The summed E-state index contributed by atoms with van der Waals surface area (Å²) in [6, 6.07) is 5.58. The quantitative estimate of drug-likeness (QED) is 0.478. The van der Waals surface area contributed by atoms with Crippen LogP contribution in [0.2, 0.25) is 0 Å². The second kappa shape index (κ2) is 5.14. The highest BCUT2D eigenvalue weighted by Crippen LogP contribution is 2.37. The molecule has 0 spiro atoms. The van der Waals surface area contributed by atoms with Gasteiger partial charge in [-0.25, -0.2) is 13.2 Å². The molecule has 0 saturated heterocycles. The summed E-state index contributed by atoms with van der Waals surface area (Å²) in [7, 11) is 0. The molecule has 2 aromatic carbocycles. The number of benzene rings is 2. The van der Waals surface area contributed by atoms with Gasteiger partial charge < -0.3 is 15.5 Å². The molecular formula is C14H8F3IN2O. The molecule has 0 aliphatic rings. The highest BCUT2D eigenvalue weighted by Gasteiger charge is 2.21. The van der Waals surface area contributed by atoms with Crippen molar-refractivity contribution < 1.29 is 17.6 Å². The minimum Gasteiger partial charge on any atom is -0.462 e. The van der Waals surface area contributed by atoms with E-state index < -0.39 is 17.5 Å². The van der Waals surface area contributed by atoms with Crippen LogP contribution in [0.25, 0.3) is 11.0 Å². The van der Waals surface area contributed by atoms with E-state index in [0.717, 1.165) is 0 Å². The third-order valence-corrected chi connectivity index (χ3v) is 3.69. The first-order chi connectivity index (χ1) is 9.99. The van der Waals surface area contributed by atoms with Gasteiger partial charge in [-0.2, -0.15) is 0 Å². The molecule has 108 valence electrons. The predicted octanol–water partition coefficient (Wildman–Crippen LogP) is 4.78. The van der Waals surface area contributed by atoms with Crippen LogP contribution < -0.4 is 11.1 Å². The molecule has 0 saturated carbocycles. The Bertz CT molecular complexity index is 848. The molecule has 1 heterocycles. The molecule has 3 nitrogen and oxygen atoms in total. The Morgan fingerprint density at radius 2 is 1.86 bits per heavy atom. The SMILES string of the molecule is Nc1c(Nc2ccc(I)cc2F)c(F)c(F)c2ccoc12. The van der Waals surface area contributed by atoms with E-state index in [-0.39, 0.29) is 28.0 Å². The molecule has 3 N–H and O–H groups in total. The maximum absolute atomic E-state index is 14.1. The first-order valence-corrected chi connectivity index (χ1v) is 6.92. The molecule has 0 aliphatic carbocycles. The van der Waals surface area contributed by atoms with E-state index in [1.807, 2.05) is 22.6 Å². The van der Waals surface area contributed by atoms with Crippen LogP contribution in [0.1, 0.15) is 0 Å². The summed E-state index contributed by atoms with van der Waals surface area (Å²) in [5.74, 6) is -2.87. The summed E-state index contributed by atoms with van der Waals surface area (Å²) in [5, 5.41) is 2.42. The van der Waals surface area contributed by atoms with Crippen LogP contribution in [-0.4, -0.2) is 0 Å². The Kier molecular flexibility index (Phi) is 3.44. The number of nitrogens with one attached hydrogen (secondary N) is 1. The fourth-order valence-electron chi connectivity index (χ4n) is 2.00. The second-order valence-electron chi connectivity index (χ2n) is 4.33. The van der Waals surface area contributed by atoms with Crippen molar-refractivity contribution in [3.63, 3.8) is 0 Å². The predicted molar refractivity (Wildman–Crippen MR) is 82.9 cm³/mol. The van der Waals surface area contributed by atoms with Gasteiger partial charge in [0.15, 0.2) is 17.2 Å². The monoisotopic (exact) mass is 404 g/mol. The Morgan fingerprint density at radius 3 is 2.57 bits per heavy atom. The summed E-state index contributed by atoms with van der Waals surface area (Å²) in [5.41, 5.74) is 5.31. The van der Waals surface area contributed by atoms with Gasteiger partial charge in [-0.05, 0) is 46.9 Å². The Balaban J connectivity index is 2.16. The summed E-state index contributed by atoms with van der Waals surface area (Å²) in [6.07, 6.45) is 1.21. The molecule has 0 amide bonds. The summed E-state index contributed by atoms with van der Waals surface area (Å²) in [4.78, 5) is 0. The number of hydrogen-bond acceptors (Lipinski definition) is 3. The molecule has 0 radical (unpaired) electrons. The molecular weight excluding hydrogens is 396 g/mol. The van der Waals surface area contributed by atoms with Gasteiger partial charge in [0.1, 0.15) is 17.2 Å². The lowest BCUT2D eigenvalue weighted by Crippen LogP contribution is -2.04. The average Bonchev–Trinajstić information content (AvgIpc) is 2.93. The molecule has 3 rings (SSSR count). The molecule has 0 atom stereocenters. The Labute approximate surface area is 131 Å². The van der Waals surface area contributed by atoms with E-state index in [9.17, 15) is 13.2 Å².